The summed E-state index contributed by atoms with van der Waals surface area (Å²) in [6, 6.07) is 17.2. The Morgan fingerprint density at radius 2 is 1.69 bits per heavy atom. The smallest absolute Gasteiger partial charge is 0.0688 e. The van der Waals surface area contributed by atoms with Crippen molar-refractivity contribution in [3.8, 4) is 6.07 Å². The lowest BCUT2D eigenvalue weighted by atomic mass is 9.89. The van der Waals surface area contributed by atoms with Crippen LogP contribution in [0, 0.1) is 23.7 Å². The second kappa shape index (κ2) is 8.09. The van der Waals surface area contributed by atoms with Crippen molar-refractivity contribution in [2.45, 2.75) is 64.2 Å². The highest BCUT2D eigenvalue weighted by atomic mass is 35.5. The van der Waals surface area contributed by atoms with Crippen LogP contribution in [0.25, 0.3) is 10.9 Å². The Balaban J connectivity index is 2.25. The summed E-state index contributed by atoms with van der Waals surface area (Å²) in [6.07, 6.45) is 0.712. The number of nitrogens with zero attached hydrogens (tertiary/aromatic N) is 2. The minimum absolute atomic E-state index is 0.0780. The zero-order valence-electron chi connectivity index (χ0n) is 18.1. The van der Waals surface area contributed by atoms with Gasteiger partial charge in [0.2, 0.25) is 0 Å². The third-order valence-corrected chi connectivity index (χ3v) is 6.37. The zero-order valence-corrected chi connectivity index (χ0v) is 19.7. The maximum atomic E-state index is 9.73. The van der Waals surface area contributed by atoms with Gasteiger partial charge in [0.1, 0.15) is 0 Å². The molecule has 29 heavy (non-hydrogen) atoms. The number of nitriles is 1. The largest absolute Gasteiger partial charge is 0.339 e. The van der Waals surface area contributed by atoms with Crippen LogP contribution in [0.15, 0.2) is 47.4 Å². The van der Waals surface area contributed by atoms with Crippen molar-refractivity contribution < 1.29 is 0 Å². The van der Waals surface area contributed by atoms with E-state index < -0.39 is 5.41 Å². The van der Waals surface area contributed by atoms with Crippen molar-refractivity contribution in [3.05, 3.63) is 64.3 Å². The normalized spacial score (nSPS) is 12.3. The minimum Gasteiger partial charge on any atom is -0.339 e. The summed E-state index contributed by atoms with van der Waals surface area (Å²) < 4.78 is 2.47. The number of rotatable bonds is 5. The third kappa shape index (κ3) is 5.18. The molecule has 0 atom stereocenters. The third-order valence-electron chi connectivity index (χ3n) is 4.85. The lowest BCUT2D eigenvalue weighted by molar-refractivity contribution is 0.472. The molecule has 0 fully saturated rings. The first kappa shape index (κ1) is 21.8. The highest BCUT2D eigenvalue weighted by Gasteiger charge is 2.27. The van der Waals surface area contributed by atoms with Gasteiger partial charge >= 0.3 is 0 Å². The summed E-state index contributed by atoms with van der Waals surface area (Å²) in [5, 5.41) is 11.8. The van der Waals surface area contributed by atoms with Gasteiger partial charge in [-0.3, -0.25) is 0 Å². The molecule has 0 saturated carbocycles. The molecule has 2 nitrogen and oxygen atoms in total. The van der Waals surface area contributed by atoms with Gasteiger partial charge in [0.05, 0.1) is 11.5 Å². The number of benzene rings is 2. The zero-order chi connectivity index (χ0) is 21.4. The predicted octanol–water partition coefficient (Wildman–Crippen LogP) is 7.63. The van der Waals surface area contributed by atoms with Crippen LogP contribution < -0.4 is 0 Å². The molecule has 4 heteroatoms. The first-order valence-corrected chi connectivity index (χ1v) is 11.1. The highest BCUT2D eigenvalue weighted by molar-refractivity contribution is 8.00. The van der Waals surface area contributed by atoms with E-state index in [1.807, 2.05) is 37.7 Å². The number of hydrogen-bond acceptors (Lipinski definition) is 2. The molecule has 0 radical (unpaired) electrons. The van der Waals surface area contributed by atoms with Crippen LogP contribution in [0.5, 0.6) is 0 Å². The van der Waals surface area contributed by atoms with Crippen LogP contribution in [0.1, 0.15) is 51.4 Å². The highest BCUT2D eigenvalue weighted by Crippen LogP contribution is 2.43. The van der Waals surface area contributed by atoms with Gasteiger partial charge in [0, 0.05) is 44.2 Å². The Kier molecular flexibility index (Phi) is 6.08. The van der Waals surface area contributed by atoms with Crippen molar-refractivity contribution >= 4 is 34.3 Å². The molecular weight excluding hydrogens is 396 g/mol. The number of aryl methyl sites for hydroxylation is 1. The molecular formula is C25H29ClN2S. The van der Waals surface area contributed by atoms with E-state index in [4.69, 9.17) is 11.6 Å². The van der Waals surface area contributed by atoms with Crippen molar-refractivity contribution in [2.24, 2.45) is 5.41 Å². The van der Waals surface area contributed by atoms with Crippen LogP contribution in [0.4, 0.5) is 0 Å². The van der Waals surface area contributed by atoms with E-state index in [1.54, 1.807) is 0 Å². The number of halogens is 1. The van der Waals surface area contributed by atoms with Crippen LogP contribution in [-0.4, -0.2) is 9.31 Å². The van der Waals surface area contributed by atoms with Crippen LogP contribution in [0.2, 0.25) is 5.02 Å². The van der Waals surface area contributed by atoms with Crippen molar-refractivity contribution in [2.75, 3.05) is 0 Å². The lowest BCUT2D eigenvalue weighted by Crippen LogP contribution is -2.17. The molecule has 2 aromatic carbocycles. The summed E-state index contributed by atoms with van der Waals surface area (Å²) in [4.78, 5) is 1.30. The molecule has 1 aromatic heterocycles. The molecule has 0 aliphatic carbocycles. The first-order valence-electron chi connectivity index (χ1n) is 9.95. The van der Waals surface area contributed by atoms with E-state index in [1.165, 1.54) is 32.6 Å². The van der Waals surface area contributed by atoms with E-state index in [0.717, 1.165) is 11.6 Å². The van der Waals surface area contributed by atoms with Crippen molar-refractivity contribution in [3.63, 3.8) is 0 Å². The molecule has 0 unspecified atom stereocenters. The molecule has 0 saturated heterocycles. The summed E-state index contributed by atoms with van der Waals surface area (Å²) in [7, 11) is 0. The molecule has 152 valence electrons. The second-order valence-corrected chi connectivity index (χ2v) is 11.7. The molecule has 0 aliphatic rings. The van der Waals surface area contributed by atoms with Crippen LogP contribution in [0.3, 0.4) is 0 Å². The summed E-state index contributed by atoms with van der Waals surface area (Å²) in [6.45, 7) is 13.7. The van der Waals surface area contributed by atoms with Gasteiger partial charge < -0.3 is 4.57 Å². The van der Waals surface area contributed by atoms with Gasteiger partial charge in [-0.15, -0.1) is 11.8 Å². The van der Waals surface area contributed by atoms with Gasteiger partial charge in [-0.1, -0.05) is 56.1 Å². The minimum atomic E-state index is -0.436. The molecule has 0 aliphatic heterocycles. The summed E-state index contributed by atoms with van der Waals surface area (Å²) in [5.74, 6) is 0. The van der Waals surface area contributed by atoms with Gasteiger partial charge in [-0.2, -0.15) is 5.26 Å². The molecule has 1 heterocycles. The van der Waals surface area contributed by atoms with E-state index in [9.17, 15) is 5.26 Å². The van der Waals surface area contributed by atoms with E-state index in [0.29, 0.717) is 6.42 Å². The fourth-order valence-corrected chi connectivity index (χ4v) is 4.81. The summed E-state index contributed by atoms with van der Waals surface area (Å²) >= 11 is 7.99. The summed E-state index contributed by atoms with van der Waals surface area (Å²) in [5.41, 5.74) is 4.49. The SMILES string of the molecule is Cc1ccc2c(c1)c(SC(C)(C)C)c(CC(C)(C)C#N)n2Cc1ccc(Cl)cc1. The number of fused-ring (bicyclic) bond motifs is 1. The Hall–Kier alpha value is -1.89. The number of aromatic nitrogens is 1. The average molecular weight is 425 g/mol. The van der Waals surface area contributed by atoms with E-state index >= 15 is 0 Å². The molecule has 0 amide bonds. The Morgan fingerprint density at radius 3 is 2.28 bits per heavy atom. The first-order chi connectivity index (χ1) is 13.5. The molecule has 0 bridgehead atoms. The average Bonchev–Trinajstić information content (AvgIpc) is 2.88. The van der Waals surface area contributed by atoms with Gasteiger partial charge in [-0.05, 0) is 50.6 Å². The van der Waals surface area contributed by atoms with Gasteiger partial charge in [0.25, 0.3) is 0 Å². The Labute approximate surface area is 183 Å². The lowest BCUT2D eigenvalue weighted by Gasteiger charge is -2.22. The molecule has 3 aromatic rings. The number of hydrogen-bond donors (Lipinski definition) is 0. The monoisotopic (exact) mass is 424 g/mol. The second-order valence-electron chi connectivity index (χ2n) is 9.40. The maximum Gasteiger partial charge on any atom is 0.0688 e. The van der Waals surface area contributed by atoms with Gasteiger partial charge in [-0.25, -0.2) is 0 Å². The Morgan fingerprint density at radius 1 is 1.03 bits per heavy atom. The van der Waals surface area contributed by atoms with Crippen molar-refractivity contribution in [1.29, 1.82) is 5.26 Å². The van der Waals surface area contributed by atoms with Crippen molar-refractivity contribution in [1.82, 2.24) is 4.57 Å². The van der Waals surface area contributed by atoms with Crippen LogP contribution >= 0.6 is 23.4 Å². The molecule has 0 spiro atoms. The Bertz CT molecular complexity index is 1060. The van der Waals surface area contributed by atoms with Gasteiger partial charge in [0.15, 0.2) is 0 Å². The fraction of sp³-hybridized carbons (Fsp3) is 0.400. The predicted molar refractivity (Wildman–Crippen MR) is 126 cm³/mol. The standard InChI is InChI=1S/C25H29ClN2S/c1-17-7-12-21-20(13-17)23(29-24(2,3)4)22(14-25(5,6)16-27)28(21)15-18-8-10-19(26)11-9-18/h7-13H,14-15H2,1-6H3. The van der Waals surface area contributed by atoms with E-state index in [-0.39, 0.29) is 4.75 Å². The fourth-order valence-electron chi connectivity index (χ4n) is 3.50. The topological polar surface area (TPSA) is 28.7 Å². The van der Waals surface area contributed by atoms with E-state index in [2.05, 4.69) is 68.7 Å². The maximum absolute atomic E-state index is 9.73. The molecule has 3 rings (SSSR count). The molecule has 0 N–H and O–H groups in total. The van der Waals surface area contributed by atoms with Crippen LogP contribution in [-0.2, 0) is 13.0 Å². The number of thioether (sulfide) groups is 1. The quantitative estimate of drug-likeness (QED) is 0.394.